The fourth-order valence-electron chi connectivity index (χ4n) is 2.08. The SMILES string of the molecule is Cc1sc(NC(=O)CN(C)C(=O)c2ccc(Br)s2)c(C(N)=O)c1C. The van der Waals surface area contributed by atoms with Crippen molar-refractivity contribution in [2.45, 2.75) is 13.8 Å². The normalized spacial score (nSPS) is 10.5. The Morgan fingerprint density at radius 2 is 1.92 bits per heavy atom. The maximum Gasteiger partial charge on any atom is 0.264 e. The van der Waals surface area contributed by atoms with E-state index in [0.29, 0.717) is 15.4 Å². The molecule has 0 unspecified atom stereocenters. The lowest BCUT2D eigenvalue weighted by Crippen LogP contribution is -2.34. The molecule has 0 aliphatic rings. The third-order valence-corrected chi connectivity index (χ3v) is 6.13. The van der Waals surface area contributed by atoms with Crippen LogP contribution in [0.5, 0.6) is 0 Å². The number of nitrogens with zero attached hydrogens (tertiary/aromatic N) is 1. The van der Waals surface area contributed by atoms with Gasteiger partial charge >= 0.3 is 0 Å². The minimum absolute atomic E-state index is 0.122. The second-order valence-corrected chi connectivity index (χ2v) is 8.85. The lowest BCUT2D eigenvalue weighted by molar-refractivity contribution is -0.116. The molecule has 2 aromatic rings. The molecule has 0 atom stereocenters. The van der Waals surface area contributed by atoms with Crippen LogP contribution < -0.4 is 11.1 Å². The second-order valence-electron chi connectivity index (χ2n) is 5.16. The summed E-state index contributed by atoms with van der Waals surface area (Å²) in [5.74, 6) is -1.21. The summed E-state index contributed by atoms with van der Waals surface area (Å²) >= 11 is 5.90. The monoisotopic (exact) mass is 429 g/mol. The minimum atomic E-state index is -0.583. The zero-order chi connectivity index (χ0) is 18.0. The topological polar surface area (TPSA) is 92.5 Å². The molecule has 2 aromatic heterocycles. The number of hydrogen-bond donors (Lipinski definition) is 2. The van der Waals surface area contributed by atoms with Crippen LogP contribution in [-0.2, 0) is 4.79 Å². The van der Waals surface area contributed by atoms with Gasteiger partial charge < -0.3 is 16.0 Å². The van der Waals surface area contributed by atoms with Crippen LogP contribution in [0.3, 0.4) is 0 Å². The van der Waals surface area contributed by atoms with E-state index in [4.69, 9.17) is 5.73 Å². The third kappa shape index (κ3) is 4.03. The van der Waals surface area contributed by atoms with Crippen molar-refractivity contribution >= 4 is 61.3 Å². The van der Waals surface area contributed by atoms with Gasteiger partial charge in [0.1, 0.15) is 5.00 Å². The fourth-order valence-corrected chi connectivity index (χ4v) is 4.55. The fraction of sp³-hybridized carbons (Fsp3) is 0.267. The van der Waals surface area contributed by atoms with E-state index in [9.17, 15) is 14.4 Å². The van der Waals surface area contributed by atoms with E-state index in [0.717, 1.165) is 14.2 Å². The van der Waals surface area contributed by atoms with Crippen LogP contribution in [0.15, 0.2) is 15.9 Å². The number of aryl methyl sites for hydroxylation is 1. The molecule has 24 heavy (non-hydrogen) atoms. The van der Waals surface area contributed by atoms with Crippen LogP contribution in [-0.4, -0.2) is 36.2 Å². The summed E-state index contributed by atoms with van der Waals surface area (Å²) in [4.78, 5) is 38.8. The molecule has 128 valence electrons. The molecule has 2 heterocycles. The lowest BCUT2D eigenvalue weighted by Gasteiger charge is -2.15. The average molecular weight is 430 g/mol. The van der Waals surface area contributed by atoms with Gasteiger partial charge in [-0.15, -0.1) is 22.7 Å². The van der Waals surface area contributed by atoms with E-state index in [2.05, 4.69) is 21.2 Å². The predicted molar refractivity (Wildman–Crippen MR) is 99.9 cm³/mol. The number of hydrogen-bond acceptors (Lipinski definition) is 5. The van der Waals surface area contributed by atoms with Crippen molar-refractivity contribution in [2.24, 2.45) is 5.73 Å². The highest BCUT2D eigenvalue weighted by Gasteiger charge is 2.21. The molecule has 0 spiro atoms. The van der Waals surface area contributed by atoms with Crippen LogP contribution >= 0.6 is 38.6 Å². The van der Waals surface area contributed by atoms with Gasteiger partial charge in [-0.2, -0.15) is 0 Å². The molecule has 0 saturated carbocycles. The molecular weight excluding hydrogens is 414 g/mol. The Hall–Kier alpha value is -1.71. The van der Waals surface area contributed by atoms with Crippen molar-refractivity contribution in [3.8, 4) is 0 Å². The van der Waals surface area contributed by atoms with E-state index in [1.807, 2.05) is 6.92 Å². The van der Waals surface area contributed by atoms with Crippen LogP contribution in [0, 0.1) is 13.8 Å². The summed E-state index contributed by atoms with van der Waals surface area (Å²) in [6, 6.07) is 3.48. The number of anilines is 1. The molecule has 0 fully saturated rings. The first kappa shape index (κ1) is 18.6. The Morgan fingerprint density at radius 1 is 1.25 bits per heavy atom. The number of primary amides is 1. The first-order valence-electron chi connectivity index (χ1n) is 6.91. The van der Waals surface area contributed by atoms with Gasteiger partial charge in [0.2, 0.25) is 5.91 Å². The van der Waals surface area contributed by atoms with Gasteiger partial charge in [0, 0.05) is 11.9 Å². The van der Waals surface area contributed by atoms with Gasteiger partial charge in [-0.05, 0) is 47.5 Å². The zero-order valence-electron chi connectivity index (χ0n) is 13.3. The molecule has 0 aromatic carbocycles. The summed E-state index contributed by atoms with van der Waals surface area (Å²) in [5.41, 5.74) is 6.46. The van der Waals surface area contributed by atoms with Crippen molar-refractivity contribution in [2.75, 3.05) is 18.9 Å². The van der Waals surface area contributed by atoms with E-state index < -0.39 is 5.91 Å². The van der Waals surface area contributed by atoms with E-state index in [1.165, 1.54) is 27.6 Å². The van der Waals surface area contributed by atoms with Gasteiger partial charge in [-0.3, -0.25) is 14.4 Å². The first-order chi connectivity index (χ1) is 11.2. The van der Waals surface area contributed by atoms with Gasteiger partial charge in [-0.25, -0.2) is 0 Å². The molecule has 3 amide bonds. The van der Waals surface area contributed by atoms with E-state index >= 15 is 0 Å². The van der Waals surface area contributed by atoms with Crippen molar-refractivity contribution < 1.29 is 14.4 Å². The third-order valence-electron chi connectivity index (χ3n) is 3.40. The van der Waals surface area contributed by atoms with Crippen molar-refractivity contribution in [1.29, 1.82) is 0 Å². The highest BCUT2D eigenvalue weighted by atomic mass is 79.9. The van der Waals surface area contributed by atoms with E-state index in [-0.39, 0.29) is 18.4 Å². The summed E-state index contributed by atoms with van der Waals surface area (Å²) in [6.45, 7) is 3.51. The van der Waals surface area contributed by atoms with Gasteiger partial charge in [0.05, 0.1) is 20.8 Å². The first-order valence-corrected chi connectivity index (χ1v) is 9.33. The Morgan fingerprint density at radius 3 is 2.46 bits per heavy atom. The number of halogens is 1. The Balaban J connectivity index is 2.07. The highest BCUT2D eigenvalue weighted by molar-refractivity contribution is 9.11. The number of nitrogens with one attached hydrogen (secondary N) is 1. The van der Waals surface area contributed by atoms with Gasteiger partial charge in [0.25, 0.3) is 11.8 Å². The zero-order valence-corrected chi connectivity index (χ0v) is 16.5. The molecule has 3 N–H and O–H groups in total. The van der Waals surface area contributed by atoms with Crippen molar-refractivity contribution in [1.82, 2.24) is 4.90 Å². The molecule has 0 radical (unpaired) electrons. The molecule has 0 aliphatic carbocycles. The Bertz CT molecular complexity index is 813. The number of nitrogens with two attached hydrogens (primary N) is 1. The summed E-state index contributed by atoms with van der Waals surface area (Å²) in [5, 5.41) is 3.09. The molecule has 2 rings (SSSR count). The largest absolute Gasteiger partial charge is 0.365 e. The lowest BCUT2D eigenvalue weighted by atomic mass is 10.1. The summed E-state index contributed by atoms with van der Waals surface area (Å²) < 4.78 is 0.847. The predicted octanol–water partition coefficient (Wildman–Crippen LogP) is 3.00. The highest BCUT2D eigenvalue weighted by Crippen LogP contribution is 2.32. The van der Waals surface area contributed by atoms with Crippen LogP contribution in [0.1, 0.15) is 30.5 Å². The maximum atomic E-state index is 12.2. The number of amides is 3. The van der Waals surface area contributed by atoms with E-state index in [1.54, 1.807) is 26.1 Å². The second kappa shape index (κ2) is 7.45. The summed E-state index contributed by atoms with van der Waals surface area (Å²) in [6.07, 6.45) is 0. The standard InChI is InChI=1S/C15H16BrN3O3S2/c1-7-8(2)23-14(12(7)13(17)21)18-11(20)6-19(3)15(22)9-4-5-10(16)24-9/h4-5H,6H2,1-3H3,(H2,17,21)(H,18,20). The van der Waals surface area contributed by atoms with Crippen LogP contribution in [0.4, 0.5) is 5.00 Å². The number of likely N-dealkylation sites (N-methyl/N-ethyl adjacent to an activating group) is 1. The molecular formula is C15H16BrN3O3S2. The molecule has 9 heteroatoms. The Labute approximate surface area is 155 Å². The minimum Gasteiger partial charge on any atom is -0.365 e. The number of rotatable bonds is 5. The quantitative estimate of drug-likeness (QED) is 0.764. The number of thiophene rings is 2. The summed E-state index contributed by atoms with van der Waals surface area (Å²) in [7, 11) is 1.55. The van der Waals surface area contributed by atoms with Gasteiger partial charge in [-0.1, -0.05) is 0 Å². The average Bonchev–Trinajstić information content (AvgIpc) is 3.02. The number of carbonyl (C=O) groups excluding carboxylic acids is 3. The smallest absolute Gasteiger partial charge is 0.264 e. The van der Waals surface area contributed by atoms with Crippen molar-refractivity contribution in [3.63, 3.8) is 0 Å². The number of carbonyl (C=O) groups is 3. The van der Waals surface area contributed by atoms with Gasteiger partial charge in [0.15, 0.2) is 0 Å². The molecule has 0 bridgehead atoms. The molecule has 0 saturated heterocycles. The molecule has 6 nitrogen and oxygen atoms in total. The van der Waals surface area contributed by atoms with Crippen LogP contribution in [0.2, 0.25) is 0 Å². The maximum absolute atomic E-state index is 12.2. The Kier molecular flexibility index (Phi) is 5.79. The van der Waals surface area contributed by atoms with Crippen LogP contribution in [0.25, 0.3) is 0 Å². The molecule has 0 aliphatic heterocycles. The van der Waals surface area contributed by atoms with Crippen molar-refractivity contribution in [3.05, 3.63) is 36.8 Å².